The fourth-order valence-corrected chi connectivity index (χ4v) is 6.65. The van der Waals surface area contributed by atoms with Gasteiger partial charge in [-0.2, -0.15) is 0 Å². The van der Waals surface area contributed by atoms with E-state index in [-0.39, 0.29) is 22.9 Å². The smallest absolute Gasteiger partial charge is 0.148 e. The van der Waals surface area contributed by atoms with Crippen molar-refractivity contribution in [3.63, 3.8) is 0 Å². The van der Waals surface area contributed by atoms with Crippen LogP contribution in [0.15, 0.2) is 12.5 Å². The highest BCUT2D eigenvalue weighted by Crippen LogP contribution is 2.52. The van der Waals surface area contributed by atoms with Crippen LogP contribution in [0.5, 0.6) is 0 Å². The van der Waals surface area contributed by atoms with Gasteiger partial charge in [0.15, 0.2) is 0 Å². The third-order valence-electron chi connectivity index (χ3n) is 6.30. The van der Waals surface area contributed by atoms with Gasteiger partial charge in [-0.15, -0.1) is 0 Å². The van der Waals surface area contributed by atoms with E-state index in [0.717, 1.165) is 29.3 Å². The number of hydrogen-bond acceptors (Lipinski definition) is 5. The highest BCUT2D eigenvalue weighted by Gasteiger charge is 2.51. The van der Waals surface area contributed by atoms with Crippen LogP contribution < -0.4 is 5.73 Å². The monoisotopic (exact) mass is 360 g/mol. The van der Waals surface area contributed by atoms with Crippen molar-refractivity contribution in [2.24, 2.45) is 0 Å². The Hall–Kier alpha value is -1.73. The zero-order valence-electron chi connectivity index (χ0n) is 15.9. The van der Waals surface area contributed by atoms with E-state index in [1.807, 2.05) is 17.7 Å². The summed E-state index contributed by atoms with van der Waals surface area (Å²) < 4.78 is 8.20. The normalized spacial score (nSPS) is 24.8. The van der Waals surface area contributed by atoms with Crippen molar-refractivity contribution >= 4 is 31.2 Å². The number of carbonyl (C=O) groups is 1. The lowest BCUT2D eigenvalue weighted by Crippen LogP contribution is -2.45. The first kappa shape index (κ1) is 18.1. The number of aldehydes is 1. The molecule has 3 rings (SSSR count). The first-order valence-corrected chi connectivity index (χ1v) is 11.8. The molecule has 0 spiro atoms. The van der Waals surface area contributed by atoms with E-state index in [2.05, 4.69) is 43.8 Å². The average Bonchev–Trinajstić information content (AvgIpc) is 3.08. The molecule has 0 aromatic carbocycles. The fraction of sp³-hybridized carbons (Fsp3) is 0.611. The molecular weight excluding hydrogens is 332 g/mol. The largest absolute Gasteiger partial charge is 0.383 e. The zero-order chi connectivity index (χ0) is 18.6. The van der Waals surface area contributed by atoms with Gasteiger partial charge in [-0.05, 0) is 29.5 Å². The number of nitrogens with two attached hydrogens (primary N) is 1. The Kier molecular flexibility index (Phi) is 4.27. The summed E-state index contributed by atoms with van der Waals surface area (Å²) in [4.78, 5) is 20.2. The van der Waals surface area contributed by atoms with E-state index in [1.54, 1.807) is 0 Å². The van der Waals surface area contributed by atoms with Crippen molar-refractivity contribution < 1.29 is 9.53 Å². The lowest BCUT2D eigenvalue weighted by molar-refractivity contribution is -0.119. The van der Waals surface area contributed by atoms with Crippen molar-refractivity contribution in [1.29, 1.82) is 0 Å². The van der Waals surface area contributed by atoms with E-state index in [1.165, 1.54) is 6.33 Å². The van der Waals surface area contributed by atoms with Gasteiger partial charge in [0, 0.05) is 6.20 Å². The Balaban J connectivity index is 2.02. The molecule has 3 atom stereocenters. The lowest BCUT2D eigenvalue weighted by Gasteiger charge is -2.42. The molecule has 0 bridgehead atoms. The molecule has 1 aliphatic heterocycles. The molecule has 3 heterocycles. The Labute approximate surface area is 149 Å². The molecule has 2 aromatic rings. The number of fused-ring (bicyclic) bond motifs is 1. The lowest BCUT2D eigenvalue weighted by atomic mass is 10.2. The molecule has 0 aliphatic carbocycles. The second-order valence-corrected chi connectivity index (χ2v) is 14.4. The molecular formula is C18H28N4O2Si. The second kappa shape index (κ2) is 5.91. The highest BCUT2D eigenvalue weighted by molar-refractivity contribution is 6.81. The van der Waals surface area contributed by atoms with Crippen LogP contribution in [0.25, 0.3) is 11.0 Å². The molecule has 2 aromatic heterocycles. The third-order valence-corrected chi connectivity index (χ3v) is 12.6. The van der Waals surface area contributed by atoms with Crippen LogP contribution in [-0.4, -0.2) is 35.0 Å². The number of aromatic nitrogens is 3. The first-order valence-electron chi connectivity index (χ1n) is 8.76. The van der Waals surface area contributed by atoms with Crippen LogP contribution in [0, 0.1) is 6.92 Å². The fourth-order valence-electron chi connectivity index (χ4n) is 3.77. The number of ether oxygens (including phenoxy) is 1. The number of carbonyl (C=O) groups excluding carboxylic acids is 1. The summed E-state index contributed by atoms with van der Waals surface area (Å²) in [5.41, 5.74) is 8.09. The van der Waals surface area contributed by atoms with Crippen molar-refractivity contribution in [3.05, 3.63) is 18.1 Å². The summed E-state index contributed by atoms with van der Waals surface area (Å²) in [6, 6.07) is 0. The summed E-state index contributed by atoms with van der Waals surface area (Å²) in [5.74, 6) is 0.479. The van der Waals surface area contributed by atoms with E-state index in [4.69, 9.17) is 10.5 Å². The molecule has 0 unspecified atom stereocenters. The number of nitrogen functional groups attached to an aromatic ring is 1. The van der Waals surface area contributed by atoms with E-state index in [9.17, 15) is 4.79 Å². The predicted octanol–water partition coefficient (Wildman–Crippen LogP) is 3.69. The zero-order valence-corrected chi connectivity index (χ0v) is 16.9. The van der Waals surface area contributed by atoms with E-state index < -0.39 is 8.07 Å². The first-order chi connectivity index (χ1) is 11.6. The molecule has 25 heavy (non-hydrogen) atoms. The minimum atomic E-state index is -1.73. The van der Waals surface area contributed by atoms with Gasteiger partial charge in [0.25, 0.3) is 0 Å². The number of nitrogens with zero attached hydrogens (tertiary/aromatic N) is 3. The van der Waals surface area contributed by atoms with Gasteiger partial charge in [-0.25, -0.2) is 9.97 Å². The number of hydrogen-bond donors (Lipinski definition) is 1. The van der Waals surface area contributed by atoms with Gasteiger partial charge in [0.05, 0.1) is 13.5 Å². The summed E-state index contributed by atoms with van der Waals surface area (Å²) in [6.07, 6.45) is 4.74. The second-order valence-electron chi connectivity index (χ2n) is 8.68. The molecule has 0 saturated carbocycles. The van der Waals surface area contributed by atoms with Crippen LogP contribution in [-0.2, 0) is 9.53 Å². The van der Waals surface area contributed by atoms with Crippen molar-refractivity contribution in [3.8, 4) is 0 Å². The number of anilines is 1. The molecule has 0 radical (unpaired) electrons. The van der Waals surface area contributed by atoms with E-state index >= 15 is 0 Å². The Bertz CT molecular complexity index is 809. The topological polar surface area (TPSA) is 83.0 Å². The molecule has 1 aliphatic rings. The Morgan fingerprint density at radius 1 is 1.36 bits per heavy atom. The van der Waals surface area contributed by atoms with Crippen LogP contribution in [0.2, 0.25) is 23.7 Å². The molecule has 1 fully saturated rings. The minimum absolute atomic E-state index is 0.193. The maximum Gasteiger partial charge on any atom is 0.148 e. The van der Waals surface area contributed by atoms with Gasteiger partial charge < -0.3 is 19.8 Å². The van der Waals surface area contributed by atoms with Gasteiger partial charge in [0.2, 0.25) is 0 Å². The predicted molar refractivity (Wildman–Crippen MR) is 102 cm³/mol. The summed E-state index contributed by atoms with van der Waals surface area (Å²) in [7, 11) is -1.73. The standard InChI is InChI=1S/C18H28N4O2Si/c1-11-8-22(17-15(11)16(19)20-10-21-17)14-7-13(12(9-23)24-14)25(5,6)18(2,3)4/h8-10,12-14H,7H2,1-6H3,(H2,19,20,21)/t12-,13+,14-/m1/s1. The minimum Gasteiger partial charge on any atom is -0.383 e. The summed E-state index contributed by atoms with van der Waals surface area (Å²) in [6.45, 7) is 13.5. The Morgan fingerprint density at radius 3 is 2.64 bits per heavy atom. The highest BCUT2D eigenvalue weighted by atomic mass is 28.3. The van der Waals surface area contributed by atoms with Gasteiger partial charge in [0.1, 0.15) is 36.4 Å². The quantitative estimate of drug-likeness (QED) is 0.667. The SMILES string of the molecule is Cc1cn([C@H]2C[C@H]([Si](C)(C)C(C)(C)C)[C@@H](C=O)O2)c2ncnc(N)c12. The van der Waals surface area contributed by atoms with E-state index in [0.29, 0.717) is 5.82 Å². The molecule has 136 valence electrons. The van der Waals surface area contributed by atoms with Crippen LogP contribution in [0.4, 0.5) is 5.82 Å². The average molecular weight is 361 g/mol. The maximum absolute atomic E-state index is 11.7. The molecule has 2 N–H and O–H groups in total. The maximum atomic E-state index is 11.7. The van der Waals surface area contributed by atoms with Crippen molar-refractivity contribution in [2.75, 3.05) is 5.73 Å². The van der Waals surface area contributed by atoms with Crippen LogP contribution >= 0.6 is 0 Å². The Morgan fingerprint density at radius 2 is 2.04 bits per heavy atom. The molecule has 7 heteroatoms. The molecule has 1 saturated heterocycles. The summed E-state index contributed by atoms with van der Waals surface area (Å²) >= 11 is 0. The van der Waals surface area contributed by atoms with Crippen LogP contribution in [0.1, 0.15) is 39.0 Å². The third kappa shape index (κ3) is 2.79. The molecule has 6 nitrogen and oxygen atoms in total. The van der Waals surface area contributed by atoms with Crippen LogP contribution in [0.3, 0.4) is 0 Å². The van der Waals surface area contributed by atoms with Crippen molar-refractivity contribution in [2.45, 2.75) is 70.1 Å². The van der Waals surface area contributed by atoms with Gasteiger partial charge >= 0.3 is 0 Å². The van der Waals surface area contributed by atoms with Gasteiger partial charge in [-0.3, -0.25) is 0 Å². The number of aryl methyl sites for hydroxylation is 1. The number of rotatable bonds is 3. The molecule has 0 amide bonds. The van der Waals surface area contributed by atoms with Gasteiger partial charge in [-0.1, -0.05) is 33.9 Å². The van der Waals surface area contributed by atoms with Crippen molar-refractivity contribution in [1.82, 2.24) is 14.5 Å². The summed E-state index contributed by atoms with van der Waals surface area (Å²) in [5, 5.41) is 1.06.